The zero-order valence-corrected chi connectivity index (χ0v) is 15.1. The summed E-state index contributed by atoms with van der Waals surface area (Å²) < 4.78 is 5.22. The van der Waals surface area contributed by atoms with Gasteiger partial charge in [-0.3, -0.25) is 4.79 Å². The number of hydrogen-bond donors (Lipinski definition) is 2. The van der Waals surface area contributed by atoms with Crippen molar-refractivity contribution >= 4 is 17.2 Å². The van der Waals surface area contributed by atoms with Crippen LogP contribution in [0.5, 0.6) is 0 Å². The molecule has 1 amide bonds. The van der Waals surface area contributed by atoms with Crippen LogP contribution in [0.3, 0.4) is 0 Å². The SMILES string of the molecule is O=C(NCc1noc(-c2cccs2)n1)c1ccc([C@@H]2CCCNC2)cc1. The number of hydrogen-bond acceptors (Lipinski definition) is 6. The molecule has 0 spiro atoms. The number of thiophene rings is 1. The lowest BCUT2D eigenvalue weighted by Crippen LogP contribution is -2.28. The van der Waals surface area contributed by atoms with Gasteiger partial charge in [-0.05, 0) is 54.4 Å². The van der Waals surface area contributed by atoms with Gasteiger partial charge in [-0.1, -0.05) is 23.4 Å². The number of nitrogens with one attached hydrogen (secondary N) is 2. The van der Waals surface area contributed by atoms with E-state index in [0.717, 1.165) is 18.0 Å². The highest BCUT2D eigenvalue weighted by Gasteiger charge is 2.16. The smallest absolute Gasteiger partial charge is 0.268 e. The molecule has 1 aromatic carbocycles. The van der Waals surface area contributed by atoms with Crippen molar-refractivity contribution in [3.05, 3.63) is 58.7 Å². The average molecular weight is 368 g/mol. The molecule has 1 atom stereocenters. The second-order valence-electron chi connectivity index (χ2n) is 6.34. The Morgan fingerprint density at radius 2 is 2.19 bits per heavy atom. The monoisotopic (exact) mass is 368 g/mol. The topological polar surface area (TPSA) is 80.1 Å². The molecule has 0 radical (unpaired) electrons. The third-order valence-electron chi connectivity index (χ3n) is 4.55. The molecule has 0 unspecified atom stereocenters. The number of amides is 1. The first-order valence-corrected chi connectivity index (χ1v) is 9.63. The van der Waals surface area contributed by atoms with Crippen LogP contribution in [0.25, 0.3) is 10.8 Å². The van der Waals surface area contributed by atoms with E-state index in [0.29, 0.717) is 23.2 Å². The van der Waals surface area contributed by atoms with Crippen molar-refractivity contribution in [3.63, 3.8) is 0 Å². The van der Waals surface area contributed by atoms with E-state index >= 15 is 0 Å². The van der Waals surface area contributed by atoms with Crippen molar-refractivity contribution in [2.24, 2.45) is 0 Å². The Hall–Kier alpha value is -2.51. The van der Waals surface area contributed by atoms with Gasteiger partial charge in [-0.25, -0.2) is 0 Å². The zero-order valence-electron chi connectivity index (χ0n) is 14.3. The van der Waals surface area contributed by atoms with E-state index in [9.17, 15) is 4.79 Å². The second kappa shape index (κ2) is 7.80. The number of benzene rings is 1. The number of nitrogens with zero attached hydrogens (tertiary/aromatic N) is 2. The maximum Gasteiger partial charge on any atom is 0.268 e. The largest absolute Gasteiger partial charge is 0.345 e. The molecule has 0 saturated carbocycles. The van der Waals surface area contributed by atoms with Gasteiger partial charge in [-0.15, -0.1) is 11.3 Å². The number of carbonyl (C=O) groups is 1. The van der Waals surface area contributed by atoms with Gasteiger partial charge in [0.05, 0.1) is 11.4 Å². The van der Waals surface area contributed by atoms with E-state index in [1.54, 1.807) is 0 Å². The highest BCUT2D eigenvalue weighted by Crippen LogP contribution is 2.24. The normalized spacial score (nSPS) is 17.2. The molecule has 0 bridgehead atoms. The van der Waals surface area contributed by atoms with Gasteiger partial charge in [-0.2, -0.15) is 4.98 Å². The Balaban J connectivity index is 1.34. The minimum atomic E-state index is -0.138. The Morgan fingerprint density at radius 3 is 2.92 bits per heavy atom. The first-order valence-electron chi connectivity index (χ1n) is 8.75. The first kappa shape index (κ1) is 16.9. The Kier molecular flexibility index (Phi) is 5.08. The third-order valence-corrected chi connectivity index (χ3v) is 5.41. The van der Waals surface area contributed by atoms with Crippen LogP contribution in [-0.2, 0) is 6.54 Å². The number of rotatable bonds is 5. The summed E-state index contributed by atoms with van der Waals surface area (Å²) in [6.07, 6.45) is 2.40. The Labute approximate surface area is 155 Å². The fraction of sp³-hybridized carbons (Fsp3) is 0.316. The molecule has 7 heteroatoms. The molecule has 3 heterocycles. The average Bonchev–Trinajstić information content (AvgIpc) is 3.38. The van der Waals surface area contributed by atoms with Crippen molar-refractivity contribution in [2.45, 2.75) is 25.3 Å². The fourth-order valence-electron chi connectivity index (χ4n) is 3.13. The number of aromatic nitrogens is 2. The van der Waals surface area contributed by atoms with Crippen molar-refractivity contribution in [1.29, 1.82) is 0 Å². The van der Waals surface area contributed by atoms with Crippen LogP contribution < -0.4 is 10.6 Å². The summed E-state index contributed by atoms with van der Waals surface area (Å²) in [5.74, 6) is 1.35. The van der Waals surface area contributed by atoms with E-state index < -0.39 is 0 Å². The molecule has 26 heavy (non-hydrogen) atoms. The van der Waals surface area contributed by atoms with Gasteiger partial charge in [0, 0.05) is 12.1 Å². The van der Waals surface area contributed by atoms with Crippen LogP contribution in [0.15, 0.2) is 46.3 Å². The van der Waals surface area contributed by atoms with E-state index in [4.69, 9.17) is 4.52 Å². The lowest BCUT2D eigenvalue weighted by molar-refractivity contribution is 0.0949. The number of carbonyl (C=O) groups excluding carboxylic acids is 1. The van der Waals surface area contributed by atoms with Crippen LogP contribution in [-0.4, -0.2) is 29.1 Å². The summed E-state index contributed by atoms with van der Waals surface area (Å²) >= 11 is 1.54. The minimum absolute atomic E-state index is 0.138. The lowest BCUT2D eigenvalue weighted by Gasteiger charge is -2.23. The molecule has 1 fully saturated rings. The summed E-state index contributed by atoms with van der Waals surface area (Å²) in [5, 5.41) is 12.1. The molecule has 4 rings (SSSR count). The standard InChI is InChI=1S/C19H20N4O2S/c24-18(14-7-5-13(6-8-14)15-3-1-9-20-11-15)21-12-17-22-19(25-23-17)16-4-2-10-26-16/h2,4-8,10,15,20H,1,3,9,11-12H2,(H,21,24)/t15-/m1/s1. The molecule has 134 valence electrons. The predicted molar refractivity (Wildman–Crippen MR) is 100 cm³/mol. The molecular weight excluding hydrogens is 348 g/mol. The molecule has 2 aromatic heterocycles. The molecule has 1 aliphatic heterocycles. The summed E-state index contributed by atoms with van der Waals surface area (Å²) in [6, 6.07) is 11.7. The van der Waals surface area contributed by atoms with Crippen LogP contribution in [0, 0.1) is 0 Å². The third kappa shape index (κ3) is 3.84. The van der Waals surface area contributed by atoms with Crippen molar-refractivity contribution in [2.75, 3.05) is 13.1 Å². The highest BCUT2D eigenvalue weighted by molar-refractivity contribution is 7.13. The first-order chi connectivity index (χ1) is 12.8. The Bertz CT molecular complexity index is 852. The van der Waals surface area contributed by atoms with Crippen LogP contribution in [0.4, 0.5) is 0 Å². The molecular formula is C19H20N4O2S. The zero-order chi connectivity index (χ0) is 17.8. The maximum atomic E-state index is 12.3. The molecule has 3 aromatic rings. The van der Waals surface area contributed by atoms with Gasteiger partial charge in [0.1, 0.15) is 0 Å². The lowest BCUT2D eigenvalue weighted by atomic mass is 9.91. The van der Waals surface area contributed by atoms with Crippen LogP contribution >= 0.6 is 11.3 Å². The van der Waals surface area contributed by atoms with Gasteiger partial charge in [0.2, 0.25) is 0 Å². The van der Waals surface area contributed by atoms with E-state index in [1.165, 1.54) is 29.7 Å². The van der Waals surface area contributed by atoms with E-state index in [1.807, 2.05) is 29.6 Å². The van der Waals surface area contributed by atoms with Crippen molar-refractivity contribution in [1.82, 2.24) is 20.8 Å². The van der Waals surface area contributed by atoms with Crippen molar-refractivity contribution < 1.29 is 9.32 Å². The summed E-state index contributed by atoms with van der Waals surface area (Å²) in [4.78, 5) is 17.6. The summed E-state index contributed by atoms with van der Waals surface area (Å²) in [5.41, 5.74) is 1.92. The fourth-order valence-corrected chi connectivity index (χ4v) is 3.78. The van der Waals surface area contributed by atoms with E-state index in [-0.39, 0.29) is 12.5 Å². The second-order valence-corrected chi connectivity index (χ2v) is 7.29. The minimum Gasteiger partial charge on any atom is -0.345 e. The number of piperidine rings is 1. The van der Waals surface area contributed by atoms with Gasteiger partial charge >= 0.3 is 0 Å². The van der Waals surface area contributed by atoms with Gasteiger partial charge in [0.15, 0.2) is 5.82 Å². The van der Waals surface area contributed by atoms with Crippen LogP contribution in [0.1, 0.15) is 40.5 Å². The van der Waals surface area contributed by atoms with Gasteiger partial charge in [0.25, 0.3) is 11.8 Å². The summed E-state index contributed by atoms with van der Waals surface area (Å²) in [7, 11) is 0. The Morgan fingerprint density at radius 1 is 1.31 bits per heavy atom. The van der Waals surface area contributed by atoms with E-state index in [2.05, 4.69) is 32.9 Å². The molecule has 1 aliphatic rings. The molecule has 6 nitrogen and oxygen atoms in total. The summed E-state index contributed by atoms with van der Waals surface area (Å²) in [6.45, 7) is 2.35. The predicted octanol–water partition coefficient (Wildman–Crippen LogP) is 3.20. The molecule has 1 saturated heterocycles. The highest BCUT2D eigenvalue weighted by atomic mass is 32.1. The van der Waals surface area contributed by atoms with Gasteiger partial charge < -0.3 is 15.2 Å². The molecule has 2 N–H and O–H groups in total. The molecule has 0 aliphatic carbocycles. The maximum absolute atomic E-state index is 12.3. The van der Waals surface area contributed by atoms with Crippen molar-refractivity contribution in [3.8, 4) is 10.8 Å². The van der Waals surface area contributed by atoms with Crippen LogP contribution in [0.2, 0.25) is 0 Å². The quantitative estimate of drug-likeness (QED) is 0.723.